The maximum Gasteiger partial charge on any atom is 0.225 e. The third kappa shape index (κ3) is 3.82. The third-order valence-electron chi connectivity index (χ3n) is 3.17. The molecule has 1 heterocycles. The minimum Gasteiger partial charge on any atom is -0.397 e. The summed E-state index contributed by atoms with van der Waals surface area (Å²) in [4.78, 5) is 15.9. The molecule has 1 aromatic carbocycles. The average molecular weight is 269 g/mol. The number of anilines is 2. The molecule has 0 aliphatic rings. The number of aryl methyl sites for hydroxylation is 3. The number of nitrogens with zero attached hydrogens (tertiary/aromatic N) is 1. The molecule has 0 saturated carbocycles. The van der Waals surface area contributed by atoms with E-state index in [4.69, 9.17) is 5.73 Å². The van der Waals surface area contributed by atoms with Crippen molar-refractivity contribution in [3.8, 4) is 0 Å². The summed E-state index contributed by atoms with van der Waals surface area (Å²) in [6.07, 6.45) is 2.70. The number of aromatic nitrogens is 1. The Kier molecular flexibility index (Phi) is 4.35. The molecule has 2 aromatic rings. The van der Waals surface area contributed by atoms with Crippen LogP contribution in [0.25, 0.3) is 0 Å². The third-order valence-corrected chi connectivity index (χ3v) is 3.17. The lowest BCUT2D eigenvalue weighted by atomic mass is 10.0. The molecule has 0 aliphatic heterocycles. The SMILES string of the molecule is Cc1ccc(CCC(=O)Nc2ccc(N)cn2)c(C)c1. The fourth-order valence-corrected chi connectivity index (χ4v) is 2.06. The summed E-state index contributed by atoms with van der Waals surface area (Å²) in [6, 6.07) is 9.70. The molecule has 20 heavy (non-hydrogen) atoms. The quantitative estimate of drug-likeness (QED) is 0.896. The van der Waals surface area contributed by atoms with Gasteiger partial charge in [0.05, 0.1) is 11.9 Å². The van der Waals surface area contributed by atoms with Gasteiger partial charge in [-0.25, -0.2) is 4.98 Å². The van der Waals surface area contributed by atoms with Crippen molar-refractivity contribution in [3.05, 3.63) is 53.2 Å². The van der Waals surface area contributed by atoms with Gasteiger partial charge in [0.15, 0.2) is 0 Å². The first-order valence-electron chi connectivity index (χ1n) is 6.62. The summed E-state index contributed by atoms with van der Waals surface area (Å²) >= 11 is 0. The molecule has 0 saturated heterocycles. The standard InChI is InChI=1S/C16H19N3O/c1-11-3-4-13(12(2)9-11)5-8-16(20)19-15-7-6-14(17)10-18-15/h3-4,6-7,9-10H,5,8,17H2,1-2H3,(H,18,19,20). The molecule has 0 aliphatic carbocycles. The summed E-state index contributed by atoms with van der Waals surface area (Å²) in [5, 5.41) is 2.76. The topological polar surface area (TPSA) is 68.0 Å². The molecule has 0 atom stereocenters. The van der Waals surface area contributed by atoms with Crippen LogP contribution in [0.1, 0.15) is 23.1 Å². The number of rotatable bonds is 4. The smallest absolute Gasteiger partial charge is 0.225 e. The van der Waals surface area contributed by atoms with Crippen LogP contribution in [0.3, 0.4) is 0 Å². The number of hydrogen-bond acceptors (Lipinski definition) is 3. The Morgan fingerprint density at radius 1 is 1.25 bits per heavy atom. The molecule has 1 aromatic heterocycles. The molecule has 0 fully saturated rings. The molecular weight excluding hydrogens is 250 g/mol. The van der Waals surface area contributed by atoms with Gasteiger partial charge >= 0.3 is 0 Å². The Morgan fingerprint density at radius 2 is 2.05 bits per heavy atom. The lowest BCUT2D eigenvalue weighted by Gasteiger charge is -2.07. The first-order valence-corrected chi connectivity index (χ1v) is 6.62. The molecule has 2 rings (SSSR count). The number of amides is 1. The van der Waals surface area contributed by atoms with Crippen LogP contribution in [-0.4, -0.2) is 10.9 Å². The van der Waals surface area contributed by atoms with Gasteiger partial charge in [0.1, 0.15) is 5.82 Å². The van der Waals surface area contributed by atoms with Crippen molar-refractivity contribution in [3.63, 3.8) is 0 Å². The number of carbonyl (C=O) groups excluding carboxylic acids is 1. The summed E-state index contributed by atoms with van der Waals surface area (Å²) in [5.41, 5.74) is 9.80. The van der Waals surface area contributed by atoms with E-state index < -0.39 is 0 Å². The van der Waals surface area contributed by atoms with Crippen LogP contribution in [0.5, 0.6) is 0 Å². The second-order valence-electron chi connectivity index (χ2n) is 4.95. The van der Waals surface area contributed by atoms with Crippen LogP contribution in [0.15, 0.2) is 36.5 Å². The molecule has 0 radical (unpaired) electrons. The molecule has 4 heteroatoms. The molecular formula is C16H19N3O. The van der Waals surface area contributed by atoms with Crippen LogP contribution < -0.4 is 11.1 Å². The highest BCUT2D eigenvalue weighted by Crippen LogP contribution is 2.13. The van der Waals surface area contributed by atoms with Crippen LogP contribution in [-0.2, 0) is 11.2 Å². The predicted molar refractivity (Wildman–Crippen MR) is 81.5 cm³/mol. The summed E-state index contributed by atoms with van der Waals surface area (Å²) in [5.74, 6) is 0.493. The van der Waals surface area contributed by atoms with Gasteiger partial charge in [-0.2, -0.15) is 0 Å². The number of benzene rings is 1. The van der Waals surface area contributed by atoms with Crippen LogP contribution >= 0.6 is 0 Å². The van der Waals surface area contributed by atoms with Gasteiger partial charge in [-0.1, -0.05) is 23.8 Å². The highest BCUT2D eigenvalue weighted by molar-refractivity contribution is 5.89. The summed E-state index contributed by atoms with van der Waals surface area (Å²) in [7, 11) is 0. The van der Waals surface area contributed by atoms with Gasteiger partial charge in [0.25, 0.3) is 0 Å². The highest BCUT2D eigenvalue weighted by Gasteiger charge is 2.05. The van der Waals surface area contributed by atoms with Crippen molar-refractivity contribution in [2.75, 3.05) is 11.1 Å². The monoisotopic (exact) mass is 269 g/mol. The zero-order chi connectivity index (χ0) is 14.5. The van der Waals surface area contributed by atoms with E-state index in [-0.39, 0.29) is 5.91 Å². The van der Waals surface area contributed by atoms with Crippen LogP contribution in [0.2, 0.25) is 0 Å². The first-order chi connectivity index (χ1) is 9.54. The Bertz CT molecular complexity index is 606. The maximum atomic E-state index is 11.9. The number of nitrogen functional groups attached to an aromatic ring is 1. The van der Waals surface area contributed by atoms with Gasteiger partial charge in [-0.05, 0) is 43.5 Å². The second-order valence-corrected chi connectivity index (χ2v) is 4.95. The molecule has 4 nitrogen and oxygen atoms in total. The Hall–Kier alpha value is -2.36. The predicted octanol–water partition coefficient (Wildman–Crippen LogP) is 2.85. The first kappa shape index (κ1) is 14.1. The fourth-order valence-electron chi connectivity index (χ4n) is 2.06. The Morgan fingerprint density at radius 3 is 2.70 bits per heavy atom. The Balaban J connectivity index is 1.90. The second kappa shape index (κ2) is 6.19. The van der Waals surface area contributed by atoms with Gasteiger partial charge in [0.2, 0.25) is 5.91 Å². The van der Waals surface area contributed by atoms with E-state index in [1.807, 2.05) is 0 Å². The number of nitrogens with two attached hydrogens (primary N) is 1. The van der Waals surface area contributed by atoms with Crippen molar-refractivity contribution in [1.82, 2.24) is 4.98 Å². The highest BCUT2D eigenvalue weighted by atomic mass is 16.1. The van der Waals surface area contributed by atoms with E-state index in [0.717, 1.165) is 6.42 Å². The maximum absolute atomic E-state index is 11.9. The van der Waals surface area contributed by atoms with Crippen molar-refractivity contribution < 1.29 is 4.79 Å². The lowest BCUT2D eigenvalue weighted by Crippen LogP contribution is -2.13. The van der Waals surface area contributed by atoms with Crippen molar-refractivity contribution >= 4 is 17.4 Å². The Labute approximate surface area is 119 Å². The molecule has 0 spiro atoms. The molecule has 1 amide bonds. The molecule has 3 N–H and O–H groups in total. The largest absolute Gasteiger partial charge is 0.397 e. The zero-order valence-corrected chi connectivity index (χ0v) is 11.8. The van der Waals surface area contributed by atoms with E-state index in [1.54, 1.807) is 12.1 Å². The van der Waals surface area contributed by atoms with Crippen molar-refractivity contribution in [2.24, 2.45) is 0 Å². The van der Waals surface area contributed by atoms with Gasteiger partial charge in [-0.3, -0.25) is 4.79 Å². The van der Waals surface area contributed by atoms with E-state index in [9.17, 15) is 4.79 Å². The number of nitrogens with one attached hydrogen (secondary N) is 1. The van der Waals surface area contributed by atoms with E-state index in [0.29, 0.717) is 17.9 Å². The van der Waals surface area contributed by atoms with E-state index in [1.165, 1.54) is 22.9 Å². The van der Waals surface area contributed by atoms with Gasteiger partial charge < -0.3 is 11.1 Å². The molecule has 0 unspecified atom stereocenters. The molecule has 0 bridgehead atoms. The lowest BCUT2D eigenvalue weighted by molar-refractivity contribution is -0.116. The number of carbonyl (C=O) groups is 1. The van der Waals surface area contributed by atoms with Crippen LogP contribution in [0, 0.1) is 13.8 Å². The fraction of sp³-hybridized carbons (Fsp3) is 0.250. The molecule has 104 valence electrons. The average Bonchev–Trinajstić information content (AvgIpc) is 2.40. The number of pyridine rings is 1. The van der Waals surface area contributed by atoms with Gasteiger partial charge in [-0.15, -0.1) is 0 Å². The minimum atomic E-state index is -0.0396. The normalized spacial score (nSPS) is 10.3. The van der Waals surface area contributed by atoms with Gasteiger partial charge in [0, 0.05) is 6.42 Å². The van der Waals surface area contributed by atoms with E-state index >= 15 is 0 Å². The summed E-state index contributed by atoms with van der Waals surface area (Å²) < 4.78 is 0. The minimum absolute atomic E-state index is 0.0396. The summed E-state index contributed by atoms with van der Waals surface area (Å²) in [6.45, 7) is 4.14. The van der Waals surface area contributed by atoms with Crippen molar-refractivity contribution in [2.45, 2.75) is 26.7 Å². The number of hydrogen-bond donors (Lipinski definition) is 2. The van der Waals surface area contributed by atoms with E-state index in [2.05, 4.69) is 42.3 Å². The zero-order valence-electron chi connectivity index (χ0n) is 11.8. The van der Waals surface area contributed by atoms with Crippen molar-refractivity contribution in [1.29, 1.82) is 0 Å². The van der Waals surface area contributed by atoms with Crippen LogP contribution in [0.4, 0.5) is 11.5 Å².